The maximum atomic E-state index is 12.6. The molecule has 3 rings (SSSR count). The normalized spacial score (nSPS) is 15.2. The maximum Gasteiger partial charge on any atom is 0.341 e. The van der Waals surface area contributed by atoms with Crippen LogP contribution in [-0.4, -0.2) is 64.3 Å². The molecule has 0 radical (unpaired) electrons. The van der Waals surface area contributed by atoms with Crippen LogP contribution in [0.5, 0.6) is 0 Å². The van der Waals surface area contributed by atoms with Crippen LogP contribution < -0.4 is 4.90 Å². The highest BCUT2D eigenvalue weighted by atomic mass is 16.5. The standard InChI is InChI=1S/C20H29N5O3/c1-6-28-20(27)15-12-21-18-16(14(4)22-23(18)5)17(15)24-8-7-9-25(11-10-24)19(26)13(2)3/h12-13H,6-11H2,1-5H3. The van der Waals surface area contributed by atoms with Crippen molar-refractivity contribution in [3.63, 3.8) is 0 Å². The molecule has 3 heterocycles. The molecule has 1 aliphatic heterocycles. The minimum atomic E-state index is -0.380. The van der Waals surface area contributed by atoms with Gasteiger partial charge in [0.05, 0.1) is 23.4 Å². The molecule has 8 nitrogen and oxygen atoms in total. The van der Waals surface area contributed by atoms with E-state index in [9.17, 15) is 9.59 Å². The highest BCUT2D eigenvalue weighted by Gasteiger charge is 2.27. The lowest BCUT2D eigenvalue weighted by Gasteiger charge is -2.26. The minimum Gasteiger partial charge on any atom is -0.462 e. The number of ether oxygens (including phenoxy) is 1. The first kappa shape index (κ1) is 20.1. The van der Waals surface area contributed by atoms with E-state index in [1.807, 2.05) is 32.7 Å². The Morgan fingerprint density at radius 1 is 1.21 bits per heavy atom. The number of carbonyl (C=O) groups excluding carboxylic acids is 2. The fourth-order valence-electron chi connectivity index (χ4n) is 3.81. The summed E-state index contributed by atoms with van der Waals surface area (Å²) in [6.07, 6.45) is 2.42. The van der Waals surface area contributed by atoms with Gasteiger partial charge in [-0.2, -0.15) is 5.10 Å². The number of rotatable bonds is 4. The smallest absolute Gasteiger partial charge is 0.341 e. The molecular weight excluding hydrogens is 358 g/mol. The highest BCUT2D eigenvalue weighted by molar-refractivity contribution is 6.05. The van der Waals surface area contributed by atoms with E-state index in [-0.39, 0.29) is 17.8 Å². The van der Waals surface area contributed by atoms with E-state index in [0.717, 1.165) is 41.9 Å². The third-order valence-corrected chi connectivity index (χ3v) is 5.11. The summed E-state index contributed by atoms with van der Waals surface area (Å²) in [5, 5.41) is 5.36. The molecule has 2 aromatic heterocycles. The van der Waals surface area contributed by atoms with Gasteiger partial charge in [-0.15, -0.1) is 0 Å². The molecule has 1 fully saturated rings. The molecular formula is C20H29N5O3. The van der Waals surface area contributed by atoms with Crippen LogP contribution >= 0.6 is 0 Å². The third-order valence-electron chi connectivity index (χ3n) is 5.11. The second-order valence-electron chi connectivity index (χ2n) is 7.47. The highest BCUT2D eigenvalue weighted by Crippen LogP contribution is 2.33. The Balaban J connectivity index is 2.04. The van der Waals surface area contributed by atoms with Crippen molar-refractivity contribution in [1.82, 2.24) is 19.7 Å². The molecule has 1 amide bonds. The van der Waals surface area contributed by atoms with Gasteiger partial charge in [0.25, 0.3) is 0 Å². The molecule has 1 saturated heterocycles. The van der Waals surface area contributed by atoms with Crippen molar-refractivity contribution >= 4 is 28.6 Å². The summed E-state index contributed by atoms with van der Waals surface area (Å²) in [6.45, 7) is 10.6. The van der Waals surface area contributed by atoms with Crippen LogP contribution in [-0.2, 0) is 16.6 Å². The lowest BCUT2D eigenvalue weighted by Crippen LogP contribution is -2.37. The fourth-order valence-corrected chi connectivity index (χ4v) is 3.81. The van der Waals surface area contributed by atoms with Crippen molar-refractivity contribution < 1.29 is 14.3 Å². The van der Waals surface area contributed by atoms with Crippen LogP contribution in [0.15, 0.2) is 6.20 Å². The van der Waals surface area contributed by atoms with Crippen molar-refractivity contribution in [3.8, 4) is 0 Å². The zero-order chi connectivity index (χ0) is 20.4. The van der Waals surface area contributed by atoms with Crippen molar-refractivity contribution in [2.45, 2.75) is 34.1 Å². The second kappa shape index (κ2) is 8.16. The number of esters is 1. The predicted molar refractivity (Wildman–Crippen MR) is 107 cm³/mol. The van der Waals surface area contributed by atoms with E-state index >= 15 is 0 Å². The van der Waals surface area contributed by atoms with Crippen molar-refractivity contribution in [2.24, 2.45) is 13.0 Å². The summed E-state index contributed by atoms with van der Waals surface area (Å²) < 4.78 is 7.01. The minimum absolute atomic E-state index is 0.0187. The second-order valence-corrected chi connectivity index (χ2v) is 7.47. The van der Waals surface area contributed by atoms with Crippen LogP contribution in [0.1, 0.15) is 43.2 Å². The Morgan fingerprint density at radius 3 is 2.64 bits per heavy atom. The molecule has 0 N–H and O–H groups in total. The lowest BCUT2D eigenvalue weighted by atomic mass is 10.1. The summed E-state index contributed by atoms with van der Waals surface area (Å²) in [7, 11) is 1.85. The molecule has 28 heavy (non-hydrogen) atoms. The first-order chi connectivity index (χ1) is 13.3. The van der Waals surface area contributed by atoms with E-state index in [2.05, 4.69) is 15.0 Å². The largest absolute Gasteiger partial charge is 0.462 e. The van der Waals surface area contributed by atoms with Gasteiger partial charge in [-0.3, -0.25) is 9.48 Å². The molecule has 0 saturated carbocycles. The number of hydrogen-bond donors (Lipinski definition) is 0. The average molecular weight is 387 g/mol. The number of carbonyl (C=O) groups is 2. The molecule has 0 aromatic carbocycles. The van der Waals surface area contributed by atoms with E-state index in [0.29, 0.717) is 25.3 Å². The molecule has 1 aliphatic rings. The number of fused-ring (bicyclic) bond motifs is 1. The van der Waals surface area contributed by atoms with Crippen molar-refractivity contribution in [2.75, 3.05) is 37.7 Å². The Hall–Kier alpha value is -2.64. The van der Waals surface area contributed by atoms with Crippen LogP contribution in [0.2, 0.25) is 0 Å². The number of nitrogens with zero attached hydrogens (tertiary/aromatic N) is 5. The van der Waals surface area contributed by atoms with E-state index in [1.54, 1.807) is 17.8 Å². The number of anilines is 1. The number of amides is 1. The Labute approximate surface area is 165 Å². The van der Waals surface area contributed by atoms with Crippen LogP contribution in [0.25, 0.3) is 11.0 Å². The van der Waals surface area contributed by atoms with Gasteiger partial charge in [-0.25, -0.2) is 9.78 Å². The molecule has 8 heteroatoms. The SMILES string of the molecule is CCOC(=O)c1cnc2c(c(C)nn2C)c1N1CCCN(C(=O)C(C)C)CC1. The zero-order valence-corrected chi connectivity index (χ0v) is 17.4. The molecule has 0 aliphatic carbocycles. The van der Waals surface area contributed by atoms with Crippen molar-refractivity contribution in [1.29, 1.82) is 0 Å². The molecule has 0 atom stereocenters. The van der Waals surface area contributed by atoms with Crippen LogP contribution in [0, 0.1) is 12.8 Å². The third kappa shape index (κ3) is 3.68. The lowest BCUT2D eigenvalue weighted by molar-refractivity contribution is -0.134. The fraction of sp³-hybridized carbons (Fsp3) is 0.600. The Kier molecular flexibility index (Phi) is 5.86. The summed E-state index contributed by atoms with van der Waals surface area (Å²) in [4.78, 5) is 33.6. The quantitative estimate of drug-likeness (QED) is 0.748. The predicted octanol–water partition coefficient (Wildman–Crippen LogP) is 2.15. The summed E-state index contributed by atoms with van der Waals surface area (Å²) >= 11 is 0. The number of hydrogen-bond acceptors (Lipinski definition) is 6. The average Bonchev–Trinajstić information content (AvgIpc) is 2.84. The Bertz CT molecular complexity index is 890. The summed E-state index contributed by atoms with van der Waals surface area (Å²) in [5.74, 6) is -0.228. The molecule has 0 bridgehead atoms. The monoisotopic (exact) mass is 387 g/mol. The molecule has 0 spiro atoms. The number of aromatic nitrogens is 3. The number of pyridine rings is 1. The van der Waals surface area contributed by atoms with Gasteiger partial charge in [0.2, 0.25) is 5.91 Å². The Morgan fingerprint density at radius 2 is 1.96 bits per heavy atom. The molecule has 0 unspecified atom stereocenters. The van der Waals surface area contributed by atoms with Gasteiger partial charge >= 0.3 is 5.97 Å². The summed E-state index contributed by atoms with van der Waals surface area (Å²) in [5.41, 5.74) is 2.83. The van der Waals surface area contributed by atoms with Gasteiger partial charge in [-0.1, -0.05) is 13.8 Å². The van der Waals surface area contributed by atoms with E-state index in [4.69, 9.17) is 4.74 Å². The number of aryl methyl sites for hydroxylation is 2. The van der Waals surface area contributed by atoms with Gasteiger partial charge in [0.15, 0.2) is 5.65 Å². The van der Waals surface area contributed by atoms with E-state index < -0.39 is 0 Å². The van der Waals surface area contributed by atoms with Gasteiger partial charge in [-0.05, 0) is 20.3 Å². The van der Waals surface area contributed by atoms with Crippen molar-refractivity contribution in [3.05, 3.63) is 17.5 Å². The maximum absolute atomic E-state index is 12.6. The first-order valence-corrected chi connectivity index (χ1v) is 9.88. The molecule has 2 aromatic rings. The topological polar surface area (TPSA) is 80.6 Å². The molecule has 152 valence electrons. The van der Waals surface area contributed by atoms with Crippen LogP contribution in [0.4, 0.5) is 5.69 Å². The zero-order valence-electron chi connectivity index (χ0n) is 17.4. The summed E-state index contributed by atoms with van der Waals surface area (Å²) in [6, 6.07) is 0. The van der Waals surface area contributed by atoms with E-state index in [1.165, 1.54) is 0 Å². The van der Waals surface area contributed by atoms with Gasteiger partial charge in [0, 0.05) is 45.3 Å². The first-order valence-electron chi connectivity index (χ1n) is 9.88. The van der Waals surface area contributed by atoms with Crippen LogP contribution in [0.3, 0.4) is 0 Å². The van der Waals surface area contributed by atoms with Gasteiger partial charge in [0.1, 0.15) is 5.56 Å². The van der Waals surface area contributed by atoms with Gasteiger partial charge < -0.3 is 14.5 Å².